The molecule has 8 nitrogen and oxygen atoms in total. The molecule has 118 valence electrons. The minimum Gasteiger partial charge on any atom is -0.388 e. The number of nitrogens with one attached hydrogen (secondary N) is 3. The molecule has 1 aromatic heterocycles. The van der Waals surface area contributed by atoms with Crippen LogP contribution in [0.3, 0.4) is 0 Å². The average molecular weight is 297 g/mol. The largest absolute Gasteiger partial charge is 0.388 e. The summed E-state index contributed by atoms with van der Waals surface area (Å²) >= 11 is 0. The number of hydrogen-bond donors (Lipinski definition) is 4. The maximum absolute atomic E-state index is 11.6. The van der Waals surface area contributed by atoms with Crippen molar-refractivity contribution in [3.05, 3.63) is 12.3 Å². The summed E-state index contributed by atoms with van der Waals surface area (Å²) in [7, 11) is 1.56. The van der Waals surface area contributed by atoms with E-state index < -0.39 is 5.60 Å². The van der Waals surface area contributed by atoms with Crippen LogP contribution in [0, 0.1) is 0 Å². The van der Waals surface area contributed by atoms with Crippen LogP contribution in [0.15, 0.2) is 12.3 Å². The number of rotatable bonds is 7. The molecule has 0 aliphatic rings. The Bertz CT molecular complexity index is 461. The topological polar surface area (TPSA) is 108 Å². The van der Waals surface area contributed by atoms with Crippen molar-refractivity contribution in [1.82, 2.24) is 15.3 Å². The van der Waals surface area contributed by atoms with E-state index in [4.69, 9.17) is 4.74 Å². The number of urea groups is 1. The summed E-state index contributed by atoms with van der Waals surface area (Å²) in [5.74, 6) is 0.699. The van der Waals surface area contributed by atoms with E-state index in [9.17, 15) is 9.90 Å². The van der Waals surface area contributed by atoms with Crippen molar-refractivity contribution in [3.63, 3.8) is 0 Å². The second-order valence-electron chi connectivity index (χ2n) is 5.16. The molecule has 21 heavy (non-hydrogen) atoms. The van der Waals surface area contributed by atoms with E-state index in [-0.39, 0.29) is 12.1 Å². The molecule has 0 aliphatic carbocycles. The standard InChI is InChI=1S/C13H23N5O3/c1-9(13(2,3)20)16-11-14-6-5-10(17-11)18-12(19)15-7-8-21-4/h5-6,9,20H,7-8H2,1-4H3,(H3,14,15,16,17,18,19)/t9-/m0/s1. The molecule has 2 amide bonds. The molecular formula is C13H23N5O3. The van der Waals surface area contributed by atoms with Crippen molar-refractivity contribution in [2.45, 2.75) is 32.4 Å². The molecule has 8 heteroatoms. The lowest BCUT2D eigenvalue weighted by molar-refractivity contribution is 0.0646. The number of hydrogen-bond acceptors (Lipinski definition) is 6. The normalized spacial score (nSPS) is 12.6. The summed E-state index contributed by atoms with van der Waals surface area (Å²) in [6.07, 6.45) is 1.52. The number of carbonyl (C=O) groups is 1. The second kappa shape index (κ2) is 7.75. The van der Waals surface area contributed by atoms with Gasteiger partial charge in [0.1, 0.15) is 5.82 Å². The molecule has 0 saturated carbocycles. The fourth-order valence-corrected chi connectivity index (χ4v) is 1.30. The molecule has 0 fully saturated rings. The maximum atomic E-state index is 11.6. The Hall–Kier alpha value is -1.93. The molecule has 0 spiro atoms. The van der Waals surface area contributed by atoms with Crippen LogP contribution in [-0.4, -0.2) is 53.0 Å². The Morgan fingerprint density at radius 1 is 1.52 bits per heavy atom. The lowest BCUT2D eigenvalue weighted by Crippen LogP contribution is -2.39. The summed E-state index contributed by atoms with van der Waals surface area (Å²) in [6.45, 7) is 6.05. The van der Waals surface area contributed by atoms with Crippen LogP contribution in [0.2, 0.25) is 0 Å². The van der Waals surface area contributed by atoms with Crippen LogP contribution in [0.5, 0.6) is 0 Å². The predicted octanol–water partition coefficient (Wildman–Crippen LogP) is 0.816. The molecule has 1 heterocycles. The SMILES string of the molecule is COCCNC(=O)Nc1ccnc(N[C@@H](C)C(C)(C)O)n1. The first-order valence-corrected chi connectivity index (χ1v) is 6.68. The summed E-state index contributed by atoms with van der Waals surface area (Å²) in [5.41, 5.74) is -0.912. The van der Waals surface area contributed by atoms with Crippen LogP contribution < -0.4 is 16.0 Å². The van der Waals surface area contributed by atoms with Crippen LogP contribution in [0.4, 0.5) is 16.6 Å². The Morgan fingerprint density at radius 3 is 2.86 bits per heavy atom. The van der Waals surface area contributed by atoms with Gasteiger partial charge < -0.3 is 20.5 Å². The van der Waals surface area contributed by atoms with Gasteiger partial charge in [-0.25, -0.2) is 9.78 Å². The Kier molecular flexibility index (Phi) is 6.32. The number of aliphatic hydroxyl groups is 1. The quantitative estimate of drug-likeness (QED) is 0.555. The molecular weight excluding hydrogens is 274 g/mol. The Morgan fingerprint density at radius 2 is 2.24 bits per heavy atom. The zero-order valence-corrected chi connectivity index (χ0v) is 12.8. The predicted molar refractivity (Wildman–Crippen MR) is 80.3 cm³/mol. The smallest absolute Gasteiger partial charge is 0.320 e. The highest BCUT2D eigenvalue weighted by Crippen LogP contribution is 2.13. The Balaban J connectivity index is 2.58. The number of methoxy groups -OCH3 is 1. The zero-order valence-electron chi connectivity index (χ0n) is 12.8. The second-order valence-corrected chi connectivity index (χ2v) is 5.16. The first-order chi connectivity index (χ1) is 9.82. The van der Waals surface area contributed by atoms with Crippen molar-refractivity contribution < 1.29 is 14.6 Å². The van der Waals surface area contributed by atoms with Gasteiger partial charge in [-0.05, 0) is 26.8 Å². The maximum Gasteiger partial charge on any atom is 0.320 e. The molecule has 0 bridgehead atoms. The lowest BCUT2D eigenvalue weighted by atomic mass is 10.0. The third-order valence-electron chi connectivity index (χ3n) is 2.89. The number of carbonyl (C=O) groups excluding carboxylic acids is 1. The fourth-order valence-electron chi connectivity index (χ4n) is 1.30. The molecule has 0 aliphatic heterocycles. The van der Waals surface area contributed by atoms with Gasteiger partial charge in [0.25, 0.3) is 0 Å². The van der Waals surface area contributed by atoms with E-state index in [2.05, 4.69) is 25.9 Å². The summed E-state index contributed by atoms with van der Waals surface area (Å²) in [4.78, 5) is 19.8. The molecule has 4 N–H and O–H groups in total. The van der Waals surface area contributed by atoms with Gasteiger partial charge in [0.2, 0.25) is 5.95 Å². The number of aromatic nitrogens is 2. The Labute approximate surface area is 124 Å². The first kappa shape index (κ1) is 17.1. The van der Waals surface area contributed by atoms with E-state index in [1.807, 2.05) is 6.92 Å². The zero-order chi connectivity index (χ0) is 15.9. The van der Waals surface area contributed by atoms with Gasteiger partial charge in [0.15, 0.2) is 0 Å². The number of amides is 2. The van der Waals surface area contributed by atoms with Crippen molar-refractivity contribution in [2.75, 3.05) is 30.9 Å². The molecule has 0 unspecified atom stereocenters. The summed E-state index contributed by atoms with van der Waals surface area (Å²) < 4.78 is 4.84. The molecule has 0 radical (unpaired) electrons. The van der Waals surface area contributed by atoms with E-state index >= 15 is 0 Å². The minimum absolute atomic E-state index is 0.247. The highest BCUT2D eigenvalue weighted by Gasteiger charge is 2.22. The van der Waals surface area contributed by atoms with Crippen LogP contribution >= 0.6 is 0 Å². The van der Waals surface area contributed by atoms with E-state index in [1.54, 1.807) is 27.0 Å². The molecule has 1 rings (SSSR count). The van der Waals surface area contributed by atoms with E-state index in [1.165, 1.54) is 6.20 Å². The number of nitrogens with zero attached hydrogens (tertiary/aromatic N) is 2. The fraction of sp³-hybridized carbons (Fsp3) is 0.615. The minimum atomic E-state index is -0.912. The summed E-state index contributed by atoms with van der Waals surface area (Å²) in [6, 6.07) is 0.964. The summed E-state index contributed by atoms with van der Waals surface area (Å²) in [5, 5.41) is 18.1. The molecule has 0 aromatic carbocycles. The first-order valence-electron chi connectivity index (χ1n) is 6.68. The number of anilines is 2. The van der Waals surface area contributed by atoms with Gasteiger partial charge in [-0.2, -0.15) is 4.98 Å². The van der Waals surface area contributed by atoms with Crippen molar-refractivity contribution in [1.29, 1.82) is 0 Å². The van der Waals surface area contributed by atoms with Crippen LogP contribution in [0.1, 0.15) is 20.8 Å². The van der Waals surface area contributed by atoms with Gasteiger partial charge in [0.05, 0.1) is 18.2 Å². The molecule has 1 atom stereocenters. The van der Waals surface area contributed by atoms with Crippen LogP contribution in [0.25, 0.3) is 0 Å². The average Bonchev–Trinajstić information content (AvgIpc) is 2.38. The van der Waals surface area contributed by atoms with E-state index in [0.29, 0.717) is 24.9 Å². The van der Waals surface area contributed by atoms with Crippen molar-refractivity contribution in [3.8, 4) is 0 Å². The van der Waals surface area contributed by atoms with Gasteiger partial charge in [-0.3, -0.25) is 5.32 Å². The van der Waals surface area contributed by atoms with Crippen LogP contribution in [-0.2, 0) is 4.74 Å². The van der Waals surface area contributed by atoms with Gasteiger partial charge in [-0.15, -0.1) is 0 Å². The monoisotopic (exact) mass is 297 g/mol. The van der Waals surface area contributed by atoms with Gasteiger partial charge in [0, 0.05) is 19.9 Å². The van der Waals surface area contributed by atoms with Gasteiger partial charge in [-0.1, -0.05) is 0 Å². The highest BCUT2D eigenvalue weighted by atomic mass is 16.5. The third-order valence-corrected chi connectivity index (χ3v) is 2.89. The molecule has 0 saturated heterocycles. The highest BCUT2D eigenvalue weighted by molar-refractivity contribution is 5.88. The lowest BCUT2D eigenvalue weighted by Gasteiger charge is -2.26. The van der Waals surface area contributed by atoms with Gasteiger partial charge >= 0.3 is 6.03 Å². The van der Waals surface area contributed by atoms with E-state index in [0.717, 1.165) is 0 Å². The number of ether oxygens (including phenoxy) is 1. The third kappa shape index (κ3) is 6.37. The van der Waals surface area contributed by atoms with Crippen molar-refractivity contribution >= 4 is 17.8 Å². The van der Waals surface area contributed by atoms with Crippen molar-refractivity contribution in [2.24, 2.45) is 0 Å². The molecule has 1 aromatic rings.